The van der Waals surface area contributed by atoms with Crippen molar-refractivity contribution in [2.24, 2.45) is 0 Å². The number of aromatic nitrogens is 2. The highest BCUT2D eigenvalue weighted by Gasteiger charge is 2.12. The molecular formula is C18H14F2N2O2. The molecule has 0 aliphatic carbocycles. The van der Waals surface area contributed by atoms with Crippen LogP contribution in [0.25, 0.3) is 17.0 Å². The van der Waals surface area contributed by atoms with Crippen molar-refractivity contribution in [2.75, 3.05) is 0 Å². The molecule has 0 spiro atoms. The lowest BCUT2D eigenvalue weighted by molar-refractivity contribution is -0.131. The van der Waals surface area contributed by atoms with Crippen molar-refractivity contribution < 1.29 is 18.7 Å². The standard InChI is InChI=1S/C18H14F2N2O2/c1-11-2-5-14-16(6-7-18(23)24)21-22(17(14)8-11)10-12-3-4-13(19)9-15(12)20/h2-9H,10H2,1H3,(H,23,24). The lowest BCUT2D eigenvalue weighted by atomic mass is 10.1. The van der Waals surface area contributed by atoms with E-state index in [0.717, 1.165) is 28.6 Å². The van der Waals surface area contributed by atoms with Crippen LogP contribution in [0.2, 0.25) is 0 Å². The number of rotatable bonds is 4. The molecule has 4 nitrogen and oxygen atoms in total. The maximum atomic E-state index is 13.9. The normalized spacial score (nSPS) is 11.5. The van der Waals surface area contributed by atoms with Gasteiger partial charge < -0.3 is 5.11 Å². The van der Waals surface area contributed by atoms with Gasteiger partial charge in [0.05, 0.1) is 17.8 Å². The third-order valence-corrected chi connectivity index (χ3v) is 3.65. The van der Waals surface area contributed by atoms with Crippen molar-refractivity contribution in [1.82, 2.24) is 9.78 Å². The Morgan fingerprint density at radius 3 is 2.75 bits per heavy atom. The second-order valence-corrected chi connectivity index (χ2v) is 5.47. The number of carboxylic acid groups (broad SMARTS) is 1. The Kier molecular flexibility index (Phi) is 4.12. The third-order valence-electron chi connectivity index (χ3n) is 3.65. The molecule has 1 N–H and O–H groups in total. The average molecular weight is 328 g/mol. The summed E-state index contributed by atoms with van der Waals surface area (Å²) >= 11 is 0. The Morgan fingerprint density at radius 2 is 2.04 bits per heavy atom. The van der Waals surface area contributed by atoms with Crippen LogP contribution >= 0.6 is 0 Å². The number of hydrogen-bond donors (Lipinski definition) is 1. The monoisotopic (exact) mass is 328 g/mol. The van der Waals surface area contributed by atoms with Gasteiger partial charge >= 0.3 is 5.97 Å². The number of fused-ring (bicyclic) bond motifs is 1. The van der Waals surface area contributed by atoms with E-state index in [1.165, 1.54) is 18.2 Å². The fraction of sp³-hybridized carbons (Fsp3) is 0.111. The molecule has 0 atom stereocenters. The van der Waals surface area contributed by atoms with E-state index in [0.29, 0.717) is 11.3 Å². The lowest BCUT2D eigenvalue weighted by Gasteiger charge is -2.06. The molecule has 1 heterocycles. The second kappa shape index (κ2) is 6.23. The van der Waals surface area contributed by atoms with Crippen LogP contribution in [-0.4, -0.2) is 20.9 Å². The minimum absolute atomic E-state index is 0.118. The van der Waals surface area contributed by atoms with Crippen LogP contribution < -0.4 is 0 Å². The number of benzene rings is 2. The molecule has 0 aliphatic heterocycles. The fourth-order valence-electron chi connectivity index (χ4n) is 2.51. The number of carboxylic acids is 1. The number of nitrogens with zero attached hydrogens (tertiary/aromatic N) is 2. The first-order chi connectivity index (χ1) is 11.4. The molecule has 1 aromatic heterocycles. The van der Waals surface area contributed by atoms with E-state index in [1.807, 2.05) is 25.1 Å². The van der Waals surface area contributed by atoms with Crippen LogP contribution in [-0.2, 0) is 11.3 Å². The van der Waals surface area contributed by atoms with Crippen LogP contribution in [0, 0.1) is 18.6 Å². The first-order valence-electron chi connectivity index (χ1n) is 7.26. The molecule has 0 fully saturated rings. The summed E-state index contributed by atoms with van der Waals surface area (Å²) in [6, 6.07) is 9.03. The van der Waals surface area contributed by atoms with E-state index in [-0.39, 0.29) is 6.54 Å². The van der Waals surface area contributed by atoms with Crippen LogP contribution in [0.5, 0.6) is 0 Å². The van der Waals surface area contributed by atoms with Gasteiger partial charge in [0.2, 0.25) is 0 Å². The minimum atomic E-state index is -1.07. The van der Waals surface area contributed by atoms with Crippen molar-refractivity contribution in [3.63, 3.8) is 0 Å². The van der Waals surface area contributed by atoms with Crippen LogP contribution in [0.3, 0.4) is 0 Å². The molecule has 0 unspecified atom stereocenters. The van der Waals surface area contributed by atoms with Gasteiger partial charge in [-0.05, 0) is 30.7 Å². The Hall–Kier alpha value is -3.02. The molecule has 6 heteroatoms. The molecule has 0 aliphatic rings. The predicted octanol–water partition coefficient (Wildman–Crippen LogP) is 3.77. The SMILES string of the molecule is Cc1ccc2c(C=CC(=O)O)nn(Cc3ccc(F)cc3F)c2c1. The zero-order valence-electron chi connectivity index (χ0n) is 12.8. The molecule has 3 rings (SSSR count). The molecule has 0 saturated heterocycles. The van der Waals surface area contributed by atoms with Crippen molar-refractivity contribution >= 4 is 22.9 Å². The zero-order valence-corrected chi connectivity index (χ0v) is 12.8. The highest BCUT2D eigenvalue weighted by molar-refractivity contribution is 5.92. The number of aryl methyl sites for hydroxylation is 1. The molecule has 2 aromatic carbocycles. The molecule has 0 amide bonds. The molecule has 0 radical (unpaired) electrons. The summed E-state index contributed by atoms with van der Waals surface area (Å²) in [5.74, 6) is -2.36. The molecular weight excluding hydrogens is 314 g/mol. The lowest BCUT2D eigenvalue weighted by Crippen LogP contribution is -2.04. The Balaban J connectivity index is 2.09. The van der Waals surface area contributed by atoms with E-state index >= 15 is 0 Å². The molecule has 122 valence electrons. The van der Waals surface area contributed by atoms with Gasteiger partial charge in [-0.15, -0.1) is 0 Å². The summed E-state index contributed by atoms with van der Waals surface area (Å²) in [5, 5.41) is 13.9. The smallest absolute Gasteiger partial charge is 0.328 e. The Labute approximate surface area is 136 Å². The Bertz CT molecular complexity index is 961. The predicted molar refractivity (Wildman–Crippen MR) is 86.6 cm³/mol. The number of carbonyl (C=O) groups is 1. The van der Waals surface area contributed by atoms with Gasteiger partial charge in [-0.1, -0.05) is 18.2 Å². The summed E-state index contributed by atoms with van der Waals surface area (Å²) in [6.07, 6.45) is 2.40. The summed E-state index contributed by atoms with van der Waals surface area (Å²) in [6.45, 7) is 2.04. The zero-order chi connectivity index (χ0) is 17.3. The van der Waals surface area contributed by atoms with Crippen LogP contribution in [0.15, 0.2) is 42.5 Å². The van der Waals surface area contributed by atoms with Crippen molar-refractivity contribution in [3.05, 3.63) is 70.9 Å². The van der Waals surface area contributed by atoms with Gasteiger partial charge in [-0.2, -0.15) is 5.10 Å². The molecule has 0 saturated carbocycles. The van der Waals surface area contributed by atoms with Crippen molar-refractivity contribution in [1.29, 1.82) is 0 Å². The van der Waals surface area contributed by atoms with Gasteiger partial charge in [0, 0.05) is 23.1 Å². The molecule has 3 aromatic rings. The van der Waals surface area contributed by atoms with Gasteiger partial charge in [0.1, 0.15) is 11.6 Å². The number of hydrogen-bond acceptors (Lipinski definition) is 2. The second-order valence-electron chi connectivity index (χ2n) is 5.47. The number of aliphatic carboxylic acids is 1. The van der Waals surface area contributed by atoms with Crippen LogP contribution in [0.4, 0.5) is 8.78 Å². The van der Waals surface area contributed by atoms with E-state index in [9.17, 15) is 13.6 Å². The van der Waals surface area contributed by atoms with Gasteiger partial charge in [0.25, 0.3) is 0 Å². The first-order valence-corrected chi connectivity index (χ1v) is 7.26. The van der Waals surface area contributed by atoms with Gasteiger partial charge in [0.15, 0.2) is 0 Å². The molecule has 0 bridgehead atoms. The fourth-order valence-corrected chi connectivity index (χ4v) is 2.51. The quantitative estimate of drug-likeness (QED) is 0.742. The molecule has 24 heavy (non-hydrogen) atoms. The topological polar surface area (TPSA) is 55.1 Å². The summed E-state index contributed by atoms with van der Waals surface area (Å²) in [4.78, 5) is 10.7. The highest BCUT2D eigenvalue weighted by Crippen LogP contribution is 2.23. The summed E-state index contributed by atoms with van der Waals surface area (Å²) < 4.78 is 28.5. The number of halogens is 2. The third kappa shape index (κ3) is 3.17. The first kappa shape index (κ1) is 15.9. The van der Waals surface area contributed by atoms with E-state index in [2.05, 4.69) is 5.10 Å². The average Bonchev–Trinajstić information content (AvgIpc) is 2.85. The maximum absolute atomic E-state index is 13.9. The van der Waals surface area contributed by atoms with E-state index in [4.69, 9.17) is 5.11 Å². The Morgan fingerprint density at radius 1 is 1.25 bits per heavy atom. The van der Waals surface area contributed by atoms with Gasteiger partial charge in [-0.3, -0.25) is 4.68 Å². The van der Waals surface area contributed by atoms with Crippen LogP contribution in [0.1, 0.15) is 16.8 Å². The van der Waals surface area contributed by atoms with Crippen molar-refractivity contribution in [3.8, 4) is 0 Å². The largest absolute Gasteiger partial charge is 0.478 e. The van der Waals surface area contributed by atoms with E-state index < -0.39 is 17.6 Å². The highest BCUT2D eigenvalue weighted by atomic mass is 19.1. The summed E-state index contributed by atoms with van der Waals surface area (Å²) in [7, 11) is 0. The van der Waals surface area contributed by atoms with E-state index in [1.54, 1.807) is 4.68 Å². The van der Waals surface area contributed by atoms with Gasteiger partial charge in [-0.25, -0.2) is 13.6 Å². The minimum Gasteiger partial charge on any atom is -0.478 e. The van der Waals surface area contributed by atoms with Crippen molar-refractivity contribution in [2.45, 2.75) is 13.5 Å². The summed E-state index contributed by atoms with van der Waals surface area (Å²) in [5.41, 5.74) is 2.53. The maximum Gasteiger partial charge on any atom is 0.328 e.